The van der Waals surface area contributed by atoms with E-state index in [9.17, 15) is 5.11 Å². The molecular weight excluding hydrogens is 228 g/mol. The molecule has 0 heterocycles. The van der Waals surface area contributed by atoms with Crippen molar-refractivity contribution in [2.45, 2.75) is 45.1 Å². The van der Waals surface area contributed by atoms with Crippen molar-refractivity contribution >= 4 is 0 Å². The minimum absolute atomic E-state index is 0.658. The summed E-state index contributed by atoms with van der Waals surface area (Å²) in [6.45, 7) is 4.01. The molecule has 0 saturated carbocycles. The average molecular weight is 252 g/mol. The van der Waals surface area contributed by atoms with Gasteiger partial charge in [0.05, 0.1) is 19.8 Å². The summed E-state index contributed by atoms with van der Waals surface area (Å²) in [6.07, 6.45) is 4.08. The van der Waals surface area contributed by atoms with E-state index in [1.165, 1.54) is 0 Å². The van der Waals surface area contributed by atoms with Crippen LogP contribution in [-0.4, -0.2) is 19.3 Å². The van der Waals surface area contributed by atoms with E-state index in [1.807, 2.05) is 25.1 Å². The molecule has 0 aliphatic carbocycles. The Morgan fingerprint density at radius 3 is 2.33 bits per heavy atom. The van der Waals surface area contributed by atoms with Gasteiger partial charge in [-0.3, -0.25) is 0 Å². The second-order valence-corrected chi connectivity index (χ2v) is 4.80. The third-order valence-corrected chi connectivity index (χ3v) is 3.27. The number of methoxy groups -OCH3 is 2. The van der Waals surface area contributed by atoms with Crippen LogP contribution in [0, 0.1) is 0 Å². The quantitative estimate of drug-likeness (QED) is 0.755. The number of rotatable bonds is 7. The maximum absolute atomic E-state index is 10.5. The topological polar surface area (TPSA) is 38.7 Å². The molecule has 1 atom stereocenters. The summed E-state index contributed by atoms with van der Waals surface area (Å²) in [5.74, 6) is 1.34. The van der Waals surface area contributed by atoms with Gasteiger partial charge in [-0.15, -0.1) is 0 Å². The molecule has 0 aliphatic rings. The predicted molar refractivity (Wildman–Crippen MR) is 73.3 cm³/mol. The molecule has 1 aromatic rings. The van der Waals surface area contributed by atoms with Crippen LogP contribution in [0.2, 0.25) is 0 Å². The molecule has 0 saturated heterocycles. The molecule has 102 valence electrons. The van der Waals surface area contributed by atoms with E-state index >= 15 is 0 Å². The van der Waals surface area contributed by atoms with Crippen molar-refractivity contribution in [3.63, 3.8) is 0 Å². The summed E-state index contributed by atoms with van der Waals surface area (Å²) >= 11 is 0. The predicted octanol–water partition coefficient (Wildman–Crippen LogP) is 3.49. The van der Waals surface area contributed by atoms with Gasteiger partial charge in [0.2, 0.25) is 0 Å². The third-order valence-electron chi connectivity index (χ3n) is 3.27. The van der Waals surface area contributed by atoms with E-state index < -0.39 is 5.60 Å². The number of hydrogen-bond acceptors (Lipinski definition) is 3. The zero-order valence-corrected chi connectivity index (χ0v) is 11.8. The fraction of sp³-hybridized carbons (Fsp3) is 0.600. The first-order valence-electron chi connectivity index (χ1n) is 6.50. The van der Waals surface area contributed by atoms with E-state index in [0.717, 1.165) is 31.2 Å². The van der Waals surface area contributed by atoms with Crippen LogP contribution in [0.3, 0.4) is 0 Å². The zero-order chi connectivity index (χ0) is 13.6. The maximum atomic E-state index is 10.5. The second-order valence-electron chi connectivity index (χ2n) is 4.80. The molecule has 0 amide bonds. The number of ether oxygens (including phenoxy) is 2. The number of unbranched alkanes of at least 4 members (excludes halogenated alkanes) is 2. The van der Waals surface area contributed by atoms with Gasteiger partial charge in [-0.1, -0.05) is 32.3 Å². The first-order valence-corrected chi connectivity index (χ1v) is 6.50. The van der Waals surface area contributed by atoms with Crippen molar-refractivity contribution < 1.29 is 14.6 Å². The standard InChI is InChI=1S/C15H24O3/c1-5-6-7-10-15(2,16)12-8-9-13(17-3)14(11-12)18-4/h8-9,11,16H,5-7,10H2,1-4H3. The molecule has 18 heavy (non-hydrogen) atoms. The second kappa shape index (κ2) is 6.64. The van der Waals surface area contributed by atoms with Crippen LogP contribution in [0.25, 0.3) is 0 Å². The van der Waals surface area contributed by atoms with Gasteiger partial charge in [0.15, 0.2) is 11.5 Å². The molecule has 3 heteroatoms. The van der Waals surface area contributed by atoms with Crippen LogP contribution in [0.15, 0.2) is 18.2 Å². The highest BCUT2D eigenvalue weighted by Gasteiger charge is 2.23. The molecule has 0 fully saturated rings. The van der Waals surface area contributed by atoms with Gasteiger partial charge in [0.25, 0.3) is 0 Å². The highest BCUT2D eigenvalue weighted by molar-refractivity contribution is 5.44. The summed E-state index contributed by atoms with van der Waals surface area (Å²) in [7, 11) is 3.21. The average Bonchev–Trinajstić information content (AvgIpc) is 2.38. The molecule has 0 aliphatic heterocycles. The zero-order valence-electron chi connectivity index (χ0n) is 11.8. The first kappa shape index (κ1) is 14.8. The van der Waals surface area contributed by atoms with Gasteiger partial charge in [-0.05, 0) is 31.0 Å². The lowest BCUT2D eigenvalue weighted by atomic mass is 9.90. The number of benzene rings is 1. The Hall–Kier alpha value is -1.22. The Morgan fingerprint density at radius 2 is 1.78 bits per heavy atom. The van der Waals surface area contributed by atoms with E-state index in [2.05, 4.69) is 6.92 Å². The molecular formula is C15H24O3. The summed E-state index contributed by atoms with van der Waals surface area (Å²) in [5, 5.41) is 10.5. The summed E-state index contributed by atoms with van der Waals surface area (Å²) in [5.41, 5.74) is 0.0607. The van der Waals surface area contributed by atoms with Crippen LogP contribution < -0.4 is 9.47 Å². The van der Waals surface area contributed by atoms with Crippen LogP contribution in [0.4, 0.5) is 0 Å². The minimum Gasteiger partial charge on any atom is -0.493 e. The van der Waals surface area contributed by atoms with Gasteiger partial charge in [-0.2, -0.15) is 0 Å². The largest absolute Gasteiger partial charge is 0.493 e. The molecule has 0 radical (unpaired) electrons. The smallest absolute Gasteiger partial charge is 0.161 e. The molecule has 0 bridgehead atoms. The molecule has 0 spiro atoms. The fourth-order valence-electron chi connectivity index (χ4n) is 2.03. The first-order chi connectivity index (χ1) is 8.55. The molecule has 1 N–H and O–H groups in total. The van der Waals surface area contributed by atoms with Crippen molar-refractivity contribution in [3.05, 3.63) is 23.8 Å². The van der Waals surface area contributed by atoms with Crippen LogP contribution >= 0.6 is 0 Å². The lowest BCUT2D eigenvalue weighted by molar-refractivity contribution is 0.0447. The molecule has 1 aromatic carbocycles. The Balaban J connectivity index is 2.87. The van der Waals surface area contributed by atoms with Gasteiger partial charge >= 0.3 is 0 Å². The Labute approximate surface area is 110 Å². The van der Waals surface area contributed by atoms with Gasteiger partial charge in [-0.25, -0.2) is 0 Å². The summed E-state index contributed by atoms with van der Waals surface area (Å²) < 4.78 is 10.5. The normalized spacial score (nSPS) is 14.1. The van der Waals surface area contributed by atoms with Gasteiger partial charge in [0.1, 0.15) is 0 Å². The molecule has 1 unspecified atom stereocenters. The van der Waals surface area contributed by atoms with Gasteiger partial charge in [0, 0.05) is 0 Å². The minimum atomic E-state index is -0.811. The number of hydrogen-bond donors (Lipinski definition) is 1. The van der Waals surface area contributed by atoms with Crippen molar-refractivity contribution in [1.82, 2.24) is 0 Å². The fourth-order valence-corrected chi connectivity index (χ4v) is 2.03. The highest BCUT2D eigenvalue weighted by Crippen LogP contribution is 2.34. The Kier molecular flexibility index (Phi) is 5.48. The van der Waals surface area contributed by atoms with E-state index in [4.69, 9.17) is 9.47 Å². The van der Waals surface area contributed by atoms with Crippen LogP contribution in [0.5, 0.6) is 11.5 Å². The summed E-state index contributed by atoms with van der Waals surface area (Å²) in [4.78, 5) is 0. The monoisotopic (exact) mass is 252 g/mol. The van der Waals surface area contributed by atoms with Crippen molar-refractivity contribution in [1.29, 1.82) is 0 Å². The van der Waals surface area contributed by atoms with Gasteiger partial charge < -0.3 is 14.6 Å². The van der Waals surface area contributed by atoms with Crippen molar-refractivity contribution in [3.8, 4) is 11.5 Å². The lowest BCUT2D eigenvalue weighted by Crippen LogP contribution is -2.21. The third kappa shape index (κ3) is 3.64. The molecule has 3 nitrogen and oxygen atoms in total. The van der Waals surface area contributed by atoms with E-state index in [-0.39, 0.29) is 0 Å². The Bertz CT molecular complexity index is 372. The Morgan fingerprint density at radius 1 is 1.11 bits per heavy atom. The van der Waals surface area contributed by atoms with Crippen LogP contribution in [0.1, 0.15) is 45.1 Å². The molecule has 1 rings (SSSR count). The maximum Gasteiger partial charge on any atom is 0.161 e. The molecule has 0 aromatic heterocycles. The van der Waals surface area contributed by atoms with E-state index in [0.29, 0.717) is 11.5 Å². The van der Waals surface area contributed by atoms with Crippen molar-refractivity contribution in [2.24, 2.45) is 0 Å². The highest BCUT2D eigenvalue weighted by atomic mass is 16.5. The van der Waals surface area contributed by atoms with E-state index in [1.54, 1.807) is 14.2 Å². The number of aliphatic hydroxyl groups is 1. The van der Waals surface area contributed by atoms with Crippen molar-refractivity contribution in [2.75, 3.05) is 14.2 Å². The SMILES string of the molecule is CCCCCC(C)(O)c1ccc(OC)c(OC)c1. The lowest BCUT2D eigenvalue weighted by Gasteiger charge is -2.24. The van der Waals surface area contributed by atoms with Crippen LogP contribution in [-0.2, 0) is 5.60 Å². The summed E-state index contributed by atoms with van der Waals surface area (Å²) in [6, 6.07) is 5.58.